The van der Waals surface area contributed by atoms with Gasteiger partial charge in [0.2, 0.25) is 11.8 Å². The first-order chi connectivity index (χ1) is 14.0. The van der Waals surface area contributed by atoms with E-state index in [4.69, 9.17) is 0 Å². The highest BCUT2D eigenvalue weighted by atomic mass is 16.2. The number of hydrogen-bond donors (Lipinski definition) is 2. The average Bonchev–Trinajstić information content (AvgIpc) is 3.04. The zero-order chi connectivity index (χ0) is 20.5. The van der Waals surface area contributed by atoms with E-state index in [1.807, 2.05) is 19.2 Å². The molecule has 7 nitrogen and oxygen atoms in total. The number of hydrogen-bond acceptors (Lipinski definition) is 5. The summed E-state index contributed by atoms with van der Waals surface area (Å²) in [5.41, 5.74) is 2.76. The van der Waals surface area contributed by atoms with Crippen molar-refractivity contribution in [2.45, 2.75) is 69.7 Å². The summed E-state index contributed by atoms with van der Waals surface area (Å²) in [6.45, 7) is 1.23. The Bertz CT molecular complexity index is 824. The highest BCUT2D eigenvalue weighted by Gasteiger charge is 2.39. The second kappa shape index (κ2) is 8.24. The van der Waals surface area contributed by atoms with Crippen LogP contribution in [0.5, 0.6) is 0 Å². The largest absolute Gasteiger partial charge is 0.322 e. The van der Waals surface area contributed by atoms with Crippen LogP contribution in [0.3, 0.4) is 0 Å². The molecule has 2 heterocycles. The third-order valence-corrected chi connectivity index (χ3v) is 6.69. The molecule has 3 aliphatic rings. The van der Waals surface area contributed by atoms with E-state index < -0.39 is 6.04 Å². The lowest BCUT2D eigenvalue weighted by Gasteiger charge is -2.38. The van der Waals surface area contributed by atoms with Crippen molar-refractivity contribution in [3.63, 3.8) is 0 Å². The second-order valence-corrected chi connectivity index (χ2v) is 8.55. The van der Waals surface area contributed by atoms with Gasteiger partial charge in [-0.05, 0) is 50.6 Å². The topological polar surface area (TPSA) is 81.8 Å². The van der Waals surface area contributed by atoms with E-state index >= 15 is 0 Å². The van der Waals surface area contributed by atoms with Crippen molar-refractivity contribution in [3.05, 3.63) is 34.9 Å². The Balaban J connectivity index is 1.46. The number of likely N-dealkylation sites (N-methyl/N-ethyl adjacent to an activating group) is 2. The molecule has 1 saturated carbocycles. The number of benzene rings is 1. The van der Waals surface area contributed by atoms with Gasteiger partial charge >= 0.3 is 0 Å². The molecule has 3 amide bonds. The van der Waals surface area contributed by atoms with Gasteiger partial charge < -0.3 is 10.2 Å². The van der Waals surface area contributed by atoms with E-state index in [9.17, 15) is 14.4 Å². The van der Waals surface area contributed by atoms with E-state index in [0.29, 0.717) is 30.6 Å². The lowest BCUT2D eigenvalue weighted by atomic mass is 9.89. The predicted octanol–water partition coefficient (Wildman–Crippen LogP) is 1.41. The Morgan fingerprint density at radius 1 is 1.17 bits per heavy atom. The van der Waals surface area contributed by atoms with Crippen LogP contribution in [-0.2, 0) is 22.7 Å². The van der Waals surface area contributed by atoms with Gasteiger partial charge in [-0.15, -0.1) is 0 Å². The summed E-state index contributed by atoms with van der Waals surface area (Å²) in [5.74, 6) is -0.731. The number of fused-ring (bicyclic) bond motifs is 1. The lowest BCUT2D eigenvalue weighted by molar-refractivity contribution is -0.136. The van der Waals surface area contributed by atoms with E-state index in [-0.39, 0.29) is 24.1 Å². The molecule has 0 bridgehead atoms. The van der Waals surface area contributed by atoms with Crippen LogP contribution in [0, 0.1) is 0 Å². The number of carbonyl (C=O) groups excluding carboxylic acids is 3. The first kappa shape index (κ1) is 20.0. The SMILES string of the molecule is CN[C@@H]1CCCC[C@H]1N(C)Cc1ccc2c(c1)C(=O)N(C1CCC(=O)NC1=O)C2. The molecule has 1 aliphatic carbocycles. The summed E-state index contributed by atoms with van der Waals surface area (Å²) in [6, 6.07) is 6.53. The molecule has 2 aliphatic heterocycles. The molecule has 156 valence electrons. The van der Waals surface area contributed by atoms with Crippen LogP contribution in [0.4, 0.5) is 0 Å². The van der Waals surface area contributed by atoms with Gasteiger partial charge in [-0.3, -0.25) is 24.6 Å². The van der Waals surface area contributed by atoms with Gasteiger partial charge in [0.15, 0.2) is 0 Å². The lowest BCUT2D eigenvalue weighted by Crippen LogP contribution is -2.52. The van der Waals surface area contributed by atoms with Crippen molar-refractivity contribution >= 4 is 17.7 Å². The molecule has 1 unspecified atom stereocenters. The van der Waals surface area contributed by atoms with E-state index in [1.54, 1.807) is 4.90 Å². The summed E-state index contributed by atoms with van der Waals surface area (Å²) in [6.07, 6.45) is 5.61. The Kier molecular flexibility index (Phi) is 5.69. The minimum atomic E-state index is -0.558. The van der Waals surface area contributed by atoms with Crippen LogP contribution in [0.15, 0.2) is 18.2 Å². The minimum absolute atomic E-state index is 0.107. The molecule has 29 heavy (non-hydrogen) atoms. The molecular formula is C22H30N4O3. The van der Waals surface area contributed by atoms with Crippen molar-refractivity contribution in [3.8, 4) is 0 Å². The van der Waals surface area contributed by atoms with Gasteiger partial charge in [-0.2, -0.15) is 0 Å². The van der Waals surface area contributed by atoms with Crippen LogP contribution >= 0.6 is 0 Å². The van der Waals surface area contributed by atoms with Crippen molar-refractivity contribution < 1.29 is 14.4 Å². The monoisotopic (exact) mass is 398 g/mol. The first-order valence-electron chi connectivity index (χ1n) is 10.6. The summed E-state index contributed by atoms with van der Waals surface area (Å²) in [4.78, 5) is 40.6. The molecule has 0 spiro atoms. The average molecular weight is 399 g/mol. The third kappa shape index (κ3) is 3.94. The van der Waals surface area contributed by atoms with Gasteiger partial charge in [0.1, 0.15) is 6.04 Å². The summed E-state index contributed by atoms with van der Waals surface area (Å²) in [5, 5.41) is 5.81. The molecule has 1 saturated heterocycles. The van der Waals surface area contributed by atoms with E-state index in [2.05, 4.69) is 28.6 Å². The molecule has 3 atom stereocenters. The van der Waals surface area contributed by atoms with Crippen molar-refractivity contribution in [1.82, 2.24) is 20.4 Å². The fourth-order valence-corrected chi connectivity index (χ4v) is 5.08. The number of nitrogens with one attached hydrogen (secondary N) is 2. The first-order valence-corrected chi connectivity index (χ1v) is 10.6. The molecule has 0 aromatic heterocycles. The van der Waals surface area contributed by atoms with E-state index in [0.717, 1.165) is 17.7 Å². The van der Waals surface area contributed by atoms with Crippen LogP contribution < -0.4 is 10.6 Å². The van der Waals surface area contributed by atoms with E-state index in [1.165, 1.54) is 25.7 Å². The Morgan fingerprint density at radius 3 is 2.72 bits per heavy atom. The number of imide groups is 1. The molecule has 7 heteroatoms. The number of piperidine rings is 1. The smallest absolute Gasteiger partial charge is 0.255 e. The maximum Gasteiger partial charge on any atom is 0.255 e. The fraction of sp³-hybridized carbons (Fsp3) is 0.591. The highest BCUT2D eigenvalue weighted by Crippen LogP contribution is 2.29. The van der Waals surface area contributed by atoms with Gasteiger partial charge in [0.25, 0.3) is 5.91 Å². The van der Waals surface area contributed by atoms with Crippen LogP contribution in [0.1, 0.15) is 60.0 Å². The summed E-state index contributed by atoms with van der Waals surface area (Å²) >= 11 is 0. The number of nitrogens with zero attached hydrogens (tertiary/aromatic N) is 2. The molecule has 1 aromatic rings. The van der Waals surface area contributed by atoms with Crippen molar-refractivity contribution in [2.75, 3.05) is 14.1 Å². The minimum Gasteiger partial charge on any atom is -0.322 e. The molecule has 2 N–H and O–H groups in total. The Labute approximate surface area is 171 Å². The second-order valence-electron chi connectivity index (χ2n) is 8.55. The van der Waals surface area contributed by atoms with Crippen LogP contribution in [0.25, 0.3) is 0 Å². The quantitative estimate of drug-likeness (QED) is 0.733. The van der Waals surface area contributed by atoms with Crippen LogP contribution in [-0.4, -0.2) is 59.7 Å². The zero-order valence-electron chi connectivity index (χ0n) is 17.2. The Hall–Kier alpha value is -2.25. The number of rotatable bonds is 5. The maximum atomic E-state index is 13.0. The molecular weight excluding hydrogens is 368 g/mol. The third-order valence-electron chi connectivity index (χ3n) is 6.69. The zero-order valence-corrected chi connectivity index (χ0v) is 17.2. The normalized spacial score (nSPS) is 27.3. The molecule has 0 radical (unpaired) electrons. The Morgan fingerprint density at radius 2 is 1.97 bits per heavy atom. The number of carbonyl (C=O) groups is 3. The van der Waals surface area contributed by atoms with Crippen molar-refractivity contribution in [1.29, 1.82) is 0 Å². The molecule has 1 aromatic carbocycles. The standard InChI is InChI=1S/C22H30N4O3/c1-23-17-5-3-4-6-18(17)25(2)12-14-7-8-15-13-26(22(29)16(15)11-14)19-9-10-20(27)24-21(19)28/h7-8,11,17-19,23H,3-6,9-10,12-13H2,1-2H3,(H,24,27,28)/t17-,18-,19?/m1/s1. The maximum absolute atomic E-state index is 13.0. The molecule has 4 rings (SSSR count). The van der Waals surface area contributed by atoms with Gasteiger partial charge in [0, 0.05) is 37.2 Å². The van der Waals surface area contributed by atoms with Gasteiger partial charge in [-0.25, -0.2) is 0 Å². The van der Waals surface area contributed by atoms with Gasteiger partial charge in [-0.1, -0.05) is 25.0 Å². The predicted molar refractivity (Wildman–Crippen MR) is 109 cm³/mol. The highest BCUT2D eigenvalue weighted by molar-refractivity contribution is 6.05. The van der Waals surface area contributed by atoms with Gasteiger partial charge in [0.05, 0.1) is 0 Å². The number of amides is 3. The summed E-state index contributed by atoms with van der Waals surface area (Å²) in [7, 11) is 4.19. The van der Waals surface area contributed by atoms with Crippen LogP contribution in [0.2, 0.25) is 0 Å². The summed E-state index contributed by atoms with van der Waals surface area (Å²) < 4.78 is 0. The van der Waals surface area contributed by atoms with Crippen molar-refractivity contribution in [2.24, 2.45) is 0 Å². The molecule has 2 fully saturated rings. The fourth-order valence-electron chi connectivity index (χ4n) is 5.08.